The average Bonchev–Trinajstić information content (AvgIpc) is 3.22. The van der Waals surface area contributed by atoms with Crippen LogP contribution < -0.4 is 10.0 Å². The molecule has 0 radical (unpaired) electrons. The average molecular weight is 485 g/mol. The van der Waals surface area contributed by atoms with Crippen LogP contribution in [0.1, 0.15) is 51.4 Å². The van der Waals surface area contributed by atoms with Crippen molar-refractivity contribution in [3.63, 3.8) is 0 Å². The van der Waals surface area contributed by atoms with Crippen LogP contribution in [0.15, 0.2) is 24.3 Å². The van der Waals surface area contributed by atoms with E-state index in [2.05, 4.69) is 4.74 Å². The summed E-state index contributed by atoms with van der Waals surface area (Å²) < 4.78 is 41.2. The summed E-state index contributed by atoms with van der Waals surface area (Å²) >= 11 is 6.48. The van der Waals surface area contributed by atoms with Crippen molar-refractivity contribution in [3.8, 4) is 5.75 Å². The maximum Gasteiger partial charge on any atom is 0.573 e. The molecule has 3 rings (SSSR count). The van der Waals surface area contributed by atoms with Crippen LogP contribution in [0.4, 0.5) is 13.2 Å². The second-order valence-electron chi connectivity index (χ2n) is 6.85. The Kier molecular flexibility index (Phi) is 7.67. The quantitative estimate of drug-likeness (QED) is 0.264. The third-order valence-corrected chi connectivity index (χ3v) is 11.5. The molecule has 7 heteroatoms. The molecule has 0 unspecified atom stereocenters. The van der Waals surface area contributed by atoms with E-state index in [1.54, 1.807) is 0 Å². The van der Waals surface area contributed by atoms with Gasteiger partial charge >= 0.3 is 6.36 Å². The number of alkyl halides is 3. The van der Waals surface area contributed by atoms with E-state index >= 15 is 0 Å². The first-order valence-electron chi connectivity index (χ1n) is 8.65. The molecule has 2 aliphatic rings. The summed E-state index contributed by atoms with van der Waals surface area (Å²) in [5, 5.41) is 1.14. The third kappa shape index (κ3) is 4.73. The molecule has 2 aliphatic carbocycles. The molecule has 1 aromatic rings. The molecule has 25 heavy (non-hydrogen) atoms. The van der Waals surface area contributed by atoms with Gasteiger partial charge < -0.3 is 16.3 Å². The molecule has 0 heterocycles. The van der Waals surface area contributed by atoms with E-state index in [1.165, 1.54) is 63.5 Å². The van der Waals surface area contributed by atoms with E-state index < -0.39 is 13.6 Å². The summed E-state index contributed by atoms with van der Waals surface area (Å²) in [6, 6.07) is 6.54. The van der Waals surface area contributed by atoms with E-state index in [-0.39, 0.29) is 26.2 Å². The Morgan fingerprint density at radius 2 is 1.36 bits per heavy atom. The summed E-state index contributed by atoms with van der Waals surface area (Å²) in [5.41, 5.74) is 3.11. The summed E-state index contributed by atoms with van der Waals surface area (Å²) in [6.07, 6.45) is 5.05. The standard InChI is InChI=1S/C18H23ClF3OP.Pd/c19-13-24(15-5-1-2-6-15,16-7-3-4-8-16)17-11-9-14(10-12-17)23-18(20,21)22;/h9-13,15-16H,1-8H2;. The van der Waals surface area contributed by atoms with Crippen molar-refractivity contribution in [1.29, 1.82) is 0 Å². The van der Waals surface area contributed by atoms with Crippen molar-refractivity contribution in [2.45, 2.75) is 69.0 Å². The molecule has 0 spiro atoms. The minimum Gasteiger partial charge on any atom is -0.406 e. The summed E-state index contributed by atoms with van der Waals surface area (Å²) in [5.74, 6) is -0.156. The van der Waals surface area contributed by atoms with Gasteiger partial charge in [-0.2, -0.15) is 0 Å². The predicted molar refractivity (Wildman–Crippen MR) is 94.3 cm³/mol. The van der Waals surface area contributed by atoms with Crippen molar-refractivity contribution in [2.75, 3.05) is 0 Å². The van der Waals surface area contributed by atoms with Gasteiger partial charge in [0.05, 0.1) is 5.30 Å². The molecule has 1 aromatic carbocycles. The Labute approximate surface area is 167 Å². The van der Waals surface area contributed by atoms with Gasteiger partial charge in [0.2, 0.25) is 0 Å². The Bertz CT molecular complexity index is 524. The predicted octanol–water partition coefficient (Wildman–Crippen LogP) is 6.47. The van der Waals surface area contributed by atoms with Gasteiger partial charge in [-0.3, -0.25) is 0 Å². The molecule has 0 amide bonds. The van der Waals surface area contributed by atoms with Crippen LogP contribution >= 0.6 is 18.9 Å². The fourth-order valence-electron chi connectivity index (χ4n) is 4.50. The Morgan fingerprint density at radius 3 is 1.72 bits per heavy atom. The molecule has 0 N–H and O–H groups in total. The van der Waals surface area contributed by atoms with Gasteiger partial charge in [0, 0.05) is 31.7 Å². The van der Waals surface area contributed by atoms with Gasteiger partial charge in [-0.05, 0) is 75.6 Å². The van der Waals surface area contributed by atoms with Crippen LogP contribution in [0.2, 0.25) is 0 Å². The molecule has 0 aromatic heterocycles. The van der Waals surface area contributed by atoms with Crippen molar-refractivity contribution in [3.05, 3.63) is 29.9 Å². The Hall–Kier alpha value is 0.192. The van der Waals surface area contributed by atoms with E-state index in [4.69, 9.17) is 11.6 Å². The summed E-state index contributed by atoms with van der Waals surface area (Å²) in [6.45, 7) is 0. The third-order valence-electron chi connectivity index (χ3n) is 5.54. The maximum absolute atomic E-state index is 12.4. The topological polar surface area (TPSA) is 9.23 Å². The van der Waals surface area contributed by atoms with Crippen LogP contribution in [0.25, 0.3) is 0 Å². The molecule has 0 aliphatic heterocycles. The van der Waals surface area contributed by atoms with Gasteiger partial charge in [-0.1, -0.05) is 12.9 Å². The second kappa shape index (κ2) is 8.92. The molecule has 2 fully saturated rings. The molecular formula is C18H23ClF3OPPd. The summed E-state index contributed by atoms with van der Waals surface area (Å²) in [4.78, 5) is 0. The largest absolute Gasteiger partial charge is 0.573 e. The van der Waals surface area contributed by atoms with Gasteiger partial charge in [0.1, 0.15) is 5.75 Å². The molecule has 0 atom stereocenters. The fraction of sp³-hybridized carbons (Fsp3) is 0.611. The van der Waals surface area contributed by atoms with Crippen LogP contribution in [-0.2, 0) is 20.4 Å². The van der Waals surface area contributed by atoms with Gasteiger partial charge in [0.25, 0.3) is 0 Å². The monoisotopic (exact) mass is 484 g/mol. The molecular weight excluding hydrogens is 462 g/mol. The minimum absolute atomic E-state index is 0. The van der Waals surface area contributed by atoms with Gasteiger partial charge in [0.15, 0.2) is 0 Å². The maximum atomic E-state index is 12.4. The van der Waals surface area contributed by atoms with E-state index in [9.17, 15) is 13.2 Å². The smallest absolute Gasteiger partial charge is 0.406 e. The van der Waals surface area contributed by atoms with Crippen molar-refractivity contribution >= 4 is 24.2 Å². The molecule has 144 valence electrons. The van der Waals surface area contributed by atoms with Crippen LogP contribution in [0.5, 0.6) is 5.75 Å². The first kappa shape index (κ1) is 21.5. The molecule has 0 saturated heterocycles. The SMILES string of the molecule is FC(F)(F)Oc1ccc([P+]([CH-]Cl)(C2CCCC2)C2CCCC2)cc1.[Pd]. The Morgan fingerprint density at radius 1 is 0.920 bits per heavy atom. The zero-order valence-electron chi connectivity index (χ0n) is 13.9. The number of ether oxygens (including phenoxy) is 1. The van der Waals surface area contributed by atoms with E-state index in [0.29, 0.717) is 11.3 Å². The first-order chi connectivity index (χ1) is 11.5. The number of halogens is 4. The van der Waals surface area contributed by atoms with E-state index in [0.717, 1.165) is 5.30 Å². The zero-order valence-corrected chi connectivity index (χ0v) is 17.1. The second-order valence-corrected chi connectivity index (χ2v) is 11.3. The number of hydrogen-bond donors (Lipinski definition) is 0. The van der Waals surface area contributed by atoms with Crippen molar-refractivity contribution in [2.24, 2.45) is 0 Å². The minimum atomic E-state index is -4.65. The van der Waals surface area contributed by atoms with Crippen LogP contribution in [-0.4, -0.2) is 17.7 Å². The Balaban J connectivity index is 0.00000225. The summed E-state index contributed by atoms with van der Waals surface area (Å²) in [7, 11) is -1.69. The van der Waals surface area contributed by atoms with Crippen molar-refractivity contribution in [1.82, 2.24) is 0 Å². The number of hydrogen-bond acceptors (Lipinski definition) is 1. The van der Waals surface area contributed by atoms with Crippen LogP contribution in [0.3, 0.4) is 0 Å². The normalized spacial score (nSPS) is 19.8. The van der Waals surface area contributed by atoms with E-state index in [1.807, 2.05) is 17.8 Å². The van der Waals surface area contributed by atoms with Crippen LogP contribution in [0, 0.1) is 5.62 Å². The van der Waals surface area contributed by atoms with Gasteiger partial charge in [-0.15, -0.1) is 13.2 Å². The molecule has 0 bridgehead atoms. The first-order valence-corrected chi connectivity index (χ1v) is 11.1. The van der Waals surface area contributed by atoms with Crippen molar-refractivity contribution < 1.29 is 38.3 Å². The van der Waals surface area contributed by atoms with Gasteiger partial charge in [-0.25, -0.2) is 0 Å². The number of rotatable bonds is 5. The fourth-order valence-corrected chi connectivity index (χ4v) is 10.8. The molecule has 1 nitrogen and oxygen atoms in total. The zero-order chi connectivity index (χ0) is 17.2. The number of benzene rings is 1. The molecule has 2 saturated carbocycles.